The molecule has 0 spiro atoms. The maximum Gasteiger partial charge on any atom is 0.163 e. The molecule has 0 saturated carbocycles. The molecule has 0 saturated heterocycles. The zero-order chi connectivity index (χ0) is 18.3. The highest BCUT2D eigenvalue weighted by molar-refractivity contribution is 5.88. The lowest BCUT2D eigenvalue weighted by molar-refractivity contribution is 0.366. The van der Waals surface area contributed by atoms with Crippen LogP contribution in [-0.4, -0.2) is 31.3 Å². The summed E-state index contributed by atoms with van der Waals surface area (Å²) in [6, 6.07) is 8.38. The van der Waals surface area contributed by atoms with E-state index in [2.05, 4.69) is 83.1 Å². The zero-order valence-electron chi connectivity index (χ0n) is 15.7. The Morgan fingerprint density at radius 2 is 1.92 bits per heavy atom. The van der Waals surface area contributed by atoms with E-state index in [0.29, 0.717) is 0 Å². The van der Waals surface area contributed by atoms with Gasteiger partial charge in [-0.1, -0.05) is 18.2 Å². The number of benzene rings is 1. The van der Waals surface area contributed by atoms with Crippen molar-refractivity contribution in [2.45, 2.75) is 39.8 Å². The van der Waals surface area contributed by atoms with Crippen LogP contribution in [0.15, 0.2) is 43.0 Å². The Balaban J connectivity index is 1.76. The van der Waals surface area contributed by atoms with E-state index in [1.807, 2.05) is 10.9 Å². The van der Waals surface area contributed by atoms with Crippen molar-refractivity contribution in [2.75, 3.05) is 11.4 Å². The lowest BCUT2D eigenvalue weighted by atomic mass is 10.1. The molecule has 6 heteroatoms. The van der Waals surface area contributed by atoms with E-state index < -0.39 is 0 Å². The van der Waals surface area contributed by atoms with Gasteiger partial charge in [-0.15, -0.1) is 0 Å². The van der Waals surface area contributed by atoms with Crippen molar-refractivity contribution >= 4 is 27.8 Å². The maximum atomic E-state index is 4.59. The Morgan fingerprint density at radius 3 is 2.69 bits per heavy atom. The van der Waals surface area contributed by atoms with Crippen molar-refractivity contribution in [1.29, 1.82) is 0 Å². The first-order chi connectivity index (χ1) is 12.5. The SMILES string of the molecule is CCN(Cc1c[nH]c2ccccc12)c1ncnc2c1cnn2C(C)(C)C. The first kappa shape index (κ1) is 16.6. The molecular weight excluding hydrogens is 324 g/mol. The highest BCUT2D eigenvalue weighted by Gasteiger charge is 2.21. The molecule has 1 aromatic carbocycles. The molecule has 1 N–H and O–H groups in total. The van der Waals surface area contributed by atoms with E-state index in [4.69, 9.17) is 0 Å². The molecule has 0 amide bonds. The largest absolute Gasteiger partial charge is 0.361 e. The van der Waals surface area contributed by atoms with Crippen molar-refractivity contribution in [2.24, 2.45) is 0 Å². The van der Waals surface area contributed by atoms with Gasteiger partial charge in [-0.05, 0) is 39.3 Å². The number of nitrogens with zero attached hydrogens (tertiary/aromatic N) is 5. The third kappa shape index (κ3) is 2.71. The van der Waals surface area contributed by atoms with Crippen LogP contribution in [0.4, 0.5) is 5.82 Å². The van der Waals surface area contributed by atoms with Gasteiger partial charge in [0.05, 0.1) is 17.1 Å². The van der Waals surface area contributed by atoms with Crippen molar-refractivity contribution < 1.29 is 0 Å². The standard InChI is InChI=1S/C20H24N6/c1-5-25(12-14-10-21-17-9-7-6-8-15(14)17)18-16-11-24-26(20(2,3)4)19(16)23-13-22-18/h6-11,13,21H,5,12H2,1-4H3. The number of para-hydroxylation sites is 1. The Bertz CT molecular complexity index is 1050. The molecule has 0 atom stereocenters. The van der Waals surface area contributed by atoms with Crippen LogP contribution >= 0.6 is 0 Å². The van der Waals surface area contributed by atoms with Crippen LogP contribution in [0.25, 0.3) is 21.9 Å². The van der Waals surface area contributed by atoms with Crippen molar-refractivity contribution in [3.63, 3.8) is 0 Å². The molecule has 3 aromatic heterocycles. The molecule has 6 nitrogen and oxygen atoms in total. The summed E-state index contributed by atoms with van der Waals surface area (Å²) >= 11 is 0. The summed E-state index contributed by atoms with van der Waals surface area (Å²) < 4.78 is 1.97. The molecular formula is C20H24N6. The number of aromatic nitrogens is 5. The fourth-order valence-corrected chi connectivity index (χ4v) is 3.38. The van der Waals surface area contributed by atoms with Crippen LogP contribution in [0.1, 0.15) is 33.3 Å². The Labute approximate surface area is 152 Å². The second kappa shape index (κ2) is 6.12. The van der Waals surface area contributed by atoms with Crippen LogP contribution in [0.3, 0.4) is 0 Å². The summed E-state index contributed by atoms with van der Waals surface area (Å²) in [7, 11) is 0. The van der Waals surface area contributed by atoms with E-state index >= 15 is 0 Å². The third-order valence-electron chi connectivity index (χ3n) is 4.70. The molecule has 0 fully saturated rings. The second-order valence-corrected chi connectivity index (χ2v) is 7.54. The van der Waals surface area contributed by atoms with Crippen molar-refractivity contribution in [3.8, 4) is 0 Å². The van der Waals surface area contributed by atoms with Crippen LogP contribution in [0, 0.1) is 0 Å². The highest BCUT2D eigenvalue weighted by atomic mass is 15.3. The summed E-state index contributed by atoms with van der Waals surface area (Å²) in [5.74, 6) is 0.929. The third-order valence-corrected chi connectivity index (χ3v) is 4.70. The summed E-state index contributed by atoms with van der Waals surface area (Å²) in [4.78, 5) is 14.7. The smallest absolute Gasteiger partial charge is 0.163 e. The van der Waals surface area contributed by atoms with Gasteiger partial charge < -0.3 is 9.88 Å². The summed E-state index contributed by atoms with van der Waals surface area (Å²) in [6.07, 6.45) is 5.61. The maximum absolute atomic E-state index is 4.59. The monoisotopic (exact) mass is 348 g/mol. The Kier molecular flexibility index (Phi) is 3.90. The second-order valence-electron chi connectivity index (χ2n) is 7.54. The predicted octanol–water partition coefficient (Wildman–Crippen LogP) is 4.09. The van der Waals surface area contributed by atoms with Crippen LogP contribution < -0.4 is 4.90 Å². The molecule has 0 aliphatic heterocycles. The van der Waals surface area contributed by atoms with E-state index in [1.165, 1.54) is 10.9 Å². The van der Waals surface area contributed by atoms with Crippen molar-refractivity contribution in [1.82, 2.24) is 24.7 Å². The van der Waals surface area contributed by atoms with E-state index in [0.717, 1.165) is 35.5 Å². The van der Waals surface area contributed by atoms with Crippen LogP contribution in [0.5, 0.6) is 0 Å². The van der Waals surface area contributed by atoms with Gasteiger partial charge >= 0.3 is 0 Å². The molecule has 0 aliphatic carbocycles. The Morgan fingerprint density at radius 1 is 1.12 bits per heavy atom. The average molecular weight is 348 g/mol. The molecule has 3 heterocycles. The average Bonchev–Trinajstić information content (AvgIpc) is 3.23. The number of anilines is 1. The van der Waals surface area contributed by atoms with Gasteiger partial charge in [0.25, 0.3) is 0 Å². The van der Waals surface area contributed by atoms with Gasteiger partial charge in [-0.2, -0.15) is 5.10 Å². The minimum Gasteiger partial charge on any atom is -0.361 e. The number of nitrogens with one attached hydrogen (secondary N) is 1. The predicted molar refractivity (Wildman–Crippen MR) is 105 cm³/mol. The number of H-pyrrole nitrogens is 1. The first-order valence-electron chi connectivity index (χ1n) is 8.98. The van der Waals surface area contributed by atoms with E-state index in [-0.39, 0.29) is 5.54 Å². The molecule has 134 valence electrons. The lowest BCUT2D eigenvalue weighted by Crippen LogP contribution is -2.25. The van der Waals surface area contributed by atoms with Gasteiger partial charge in [0.15, 0.2) is 5.65 Å². The van der Waals surface area contributed by atoms with Crippen molar-refractivity contribution in [3.05, 3.63) is 48.5 Å². The summed E-state index contributed by atoms with van der Waals surface area (Å²) in [5.41, 5.74) is 3.17. The molecule has 4 rings (SSSR count). The number of fused-ring (bicyclic) bond motifs is 2. The first-order valence-corrected chi connectivity index (χ1v) is 8.98. The minimum atomic E-state index is -0.124. The molecule has 0 bridgehead atoms. The minimum absolute atomic E-state index is 0.124. The number of rotatable bonds is 4. The number of hydrogen-bond donors (Lipinski definition) is 1. The van der Waals surface area contributed by atoms with Gasteiger partial charge in [0.2, 0.25) is 0 Å². The van der Waals surface area contributed by atoms with E-state index in [9.17, 15) is 0 Å². The quantitative estimate of drug-likeness (QED) is 0.603. The molecule has 0 unspecified atom stereocenters. The normalized spacial score (nSPS) is 12.2. The van der Waals surface area contributed by atoms with Gasteiger partial charge in [0.1, 0.15) is 12.1 Å². The van der Waals surface area contributed by atoms with Gasteiger partial charge in [0, 0.05) is 30.2 Å². The van der Waals surface area contributed by atoms with Gasteiger partial charge in [-0.25, -0.2) is 14.6 Å². The van der Waals surface area contributed by atoms with E-state index in [1.54, 1.807) is 6.33 Å². The fraction of sp³-hybridized carbons (Fsp3) is 0.350. The number of aromatic amines is 1. The molecule has 26 heavy (non-hydrogen) atoms. The molecule has 0 radical (unpaired) electrons. The molecule has 4 aromatic rings. The summed E-state index contributed by atoms with van der Waals surface area (Å²) in [5, 5.41) is 6.81. The number of hydrogen-bond acceptors (Lipinski definition) is 4. The van der Waals surface area contributed by atoms with Gasteiger partial charge in [-0.3, -0.25) is 0 Å². The Hall–Kier alpha value is -2.89. The fourth-order valence-electron chi connectivity index (χ4n) is 3.38. The summed E-state index contributed by atoms with van der Waals surface area (Å²) in [6.45, 7) is 10.2. The lowest BCUT2D eigenvalue weighted by Gasteiger charge is -2.23. The highest BCUT2D eigenvalue weighted by Crippen LogP contribution is 2.28. The van der Waals surface area contributed by atoms with Crippen LogP contribution in [0.2, 0.25) is 0 Å². The zero-order valence-corrected chi connectivity index (χ0v) is 15.7. The topological polar surface area (TPSA) is 62.6 Å². The molecule has 0 aliphatic rings. The van der Waals surface area contributed by atoms with Crippen LogP contribution in [-0.2, 0) is 12.1 Å².